The van der Waals surface area contributed by atoms with E-state index in [-0.39, 0.29) is 0 Å². The monoisotopic (exact) mass is 282 g/mol. The van der Waals surface area contributed by atoms with Gasteiger partial charge in [0.2, 0.25) is 0 Å². The molecule has 1 heteroatoms. The highest BCUT2D eigenvalue weighted by Gasteiger charge is 2.10. The normalized spacial score (nSPS) is 10.4. The standard InChI is InChI=1S/C21H19B/c1-15-8-3-4-11-19(15)21-13-6-5-12-20(21)16(2)17-9-7-10-18(22)14-17/h3-14H,2,22H2,1H3. The first kappa shape index (κ1) is 14.4. The quantitative estimate of drug-likeness (QED) is 0.637. The Bertz CT molecular complexity index is 831. The molecule has 22 heavy (non-hydrogen) atoms. The highest BCUT2D eigenvalue weighted by atomic mass is 14.1. The Labute approximate surface area is 133 Å². The topological polar surface area (TPSA) is 0 Å². The lowest BCUT2D eigenvalue weighted by Crippen LogP contribution is -2.02. The number of aryl methyl sites for hydroxylation is 1. The van der Waals surface area contributed by atoms with Crippen LogP contribution in [0.3, 0.4) is 0 Å². The molecule has 0 aliphatic rings. The highest BCUT2D eigenvalue weighted by molar-refractivity contribution is 6.32. The van der Waals surface area contributed by atoms with Gasteiger partial charge in [-0.3, -0.25) is 0 Å². The first-order valence-corrected chi connectivity index (χ1v) is 7.58. The van der Waals surface area contributed by atoms with Crippen LogP contribution in [0.4, 0.5) is 0 Å². The van der Waals surface area contributed by atoms with Crippen LogP contribution in [0.1, 0.15) is 16.7 Å². The lowest BCUT2D eigenvalue weighted by atomic mass is 9.87. The van der Waals surface area contributed by atoms with E-state index in [0.717, 1.165) is 5.57 Å². The van der Waals surface area contributed by atoms with Crippen molar-refractivity contribution in [1.29, 1.82) is 0 Å². The molecule has 106 valence electrons. The van der Waals surface area contributed by atoms with Gasteiger partial charge in [0.25, 0.3) is 0 Å². The summed E-state index contributed by atoms with van der Waals surface area (Å²) in [4.78, 5) is 0. The smallest absolute Gasteiger partial charge is 0.0905 e. The van der Waals surface area contributed by atoms with E-state index in [0.29, 0.717) is 0 Å². The molecule has 0 unspecified atom stereocenters. The lowest BCUT2D eigenvalue weighted by Gasteiger charge is -2.14. The number of benzene rings is 3. The molecule has 0 atom stereocenters. The van der Waals surface area contributed by atoms with Gasteiger partial charge >= 0.3 is 0 Å². The van der Waals surface area contributed by atoms with Gasteiger partial charge in [0, 0.05) is 0 Å². The first-order chi connectivity index (χ1) is 10.7. The molecule has 0 radical (unpaired) electrons. The molecular weight excluding hydrogens is 263 g/mol. The Morgan fingerprint density at radius 2 is 1.50 bits per heavy atom. The molecule has 0 bridgehead atoms. The van der Waals surface area contributed by atoms with E-state index >= 15 is 0 Å². The second-order valence-corrected chi connectivity index (χ2v) is 5.71. The maximum Gasteiger partial charge on any atom is 0.139 e. The van der Waals surface area contributed by atoms with Gasteiger partial charge in [0.15, 0.2) is 0 Å². The molecule has 3 aromatic carbocycles. The van der Waals surface area contributed by atoms with E-state index in [2.05, 4.69) is 94.1 Å². The van der Waals surface area contributed by atoms with Crippen LogP contribution in [0.15, 0.2) is 79.4 Å². The Morgan fingerprint density at radius 1 is 0.818 bits per heavy atom. The average Bonchev–Trinajstić information content (AvgIpc) is 2.55. The lowest BCUT2D eigenvalue weighted by molar-refractivity contribution is 1.44. The van der Waals surface area contributed by atoms with Gasteiger partial charge in [-0.1, -0.05) is 84.8 Å². The molecule has 0 saturated heterocycles. The molecule has 0 aromatic heterocycles. The zero-order valence-corrected chi connectivity index (χ0v) is 13.1. The molecule has 0 amide bonds. The molecule has 3 rings (SSSR count). The largest absolute Gasteiger partial charge is 0.139 e. The van der Waals surface area contributed by atoms with Crippen LogP contribution < -0.4 is 5.46 Å². The van der Waals surface area contributed by atoms with Gasteiger partial charge in [0.05, 0.1) is 0 Å². The van der Waals surface area contributed by atoms with Crippen molar-refractivity contribution in [2.24, 2.45) is 0 Å². The zero-order valence-electron chi connectivity index (χ0n) is 13.1. The van der Waals surface area contributed by atoms with Crippen molar-refractivity contribution < 1.29 is 0 Å². The minimum absolute atomic E-state index is 1.07. The van der Waals surface area contributed by atoms with E-state index in [1.165, 1.54) is 33.3 Å². The Hall–Kier alpha value is -2.54. The summed E-state index contributed by atoms with van der Waals surface area (Å²) in [5.74, 6) is 0. The van der Waals surface area contributed by atoms with Gasteiger partial charge in [-0.2, -0.15) is 0 Å². The van der Waals surface area contributed by atoms with Gasteiger partial charge in [-0.25, -0.2) is 0 Å². The van der Waals surface area contributed by atoms with Crippen molar-refractivity contribution in [1.82, 2.24) is 0 Å². The first-order valence-electron chi connectivity index (χ1n) is 7.58. The van der Waals surface area contributed by atoms with E-state index < -0.39 is 0 Å². The maximum atomic E-state index is 4.35. The molecule has 0 spiro atoms. The second kappa shape index (κ2) is 6.07. The van der Waals surface area contributed by atoms with Crippen molar-refractivity contribution in [3.8, 4) is 11.1 Å². The van der Waals surface area contributed by atoms with Crippen molar-refractivity contribution in [3.05, 3.63) is 96.1 Å². The molecule has 0 N–H and O–H groups in total. The fraction of sp³-hybridized carbons (Fsp3) is 0.0476. The molecule has 0 nitrogen and oxygen atoms in total. The summed E-state index contributed by atoms with van der Waals surface area (Å²) in [6.45, 7) is 6.51. The van der Waals surface area contributed by atoms with Crippen molar-refractivity contribution >= 4 is 18.9 Å². The van der Waals surface area contributed by atoms with Crippen LogP contribution in [-0.4, -0.2) is 7.85 Å². The summed E-state index contributed by atoms with van der Waals surface area (Å²) in [7, 11) is 2.12. The van der Waals surface area contributed by atoms with Gasteiger partial charge in [0.1, 0.15) is 7.85 Å². The van der Waals surface area contributed by atoms with Crippen LogP contribution in [0.2, 0.25) is 0 Å². The summed E-state index contributed by atoms with van der Waals surface area (Å²) in [6.07, 6.45) is 0. The van der Waals surface area contributed by atoms with E-state index in [9.17, 15) is 0 Å². The van der Waals surface area contributed by atoms with Crippen LogP contribution >= 0.6 is 0 Å². The fourth-order valence-electron chi connectivity index (χ4n) is 2.84. The van der Waals surface area contributed by atoms with Gasteiger partial charge in [-0.15, -0.1) is 0 Å². The third-order valence-electron chi connectivity index (χ3n) is 4.05. The molecule has 0 aliphatic heterocycles. The third kappa shape index (κ3) is 2.75. The minimum Gasteiger partial charge on any atom is -0.0905 e. The van der Waals surface area contributed by atoms with Crippen molar-refractivity contribution in [3.63, 3.8) is 0 Å². The van der Waals surface area contributed by atoms with E-state index in [1.807, 2.05) is 0 Å². The van der Waals surface area contributed by atoms with Crippen molar-refractivity contribution in [2.75, 3.05) is 0 Å². The second-order valence-electron chi connectivity index (χ2n) is 5.71. The molecule has 0 aliphatic carbocycles. The van der Waals surface area contributed by atoms with E-state index in [1.54, 1.807) is 0 Å². The van der Waals surface area contributed by atoms with Gasteiger partial charge < -0.3 is 0 Å². The Balaban J connectivity index is 2.13. The summed E-state index contributed by atoms with van der Waals surface area (Å²) >= 11 is 0. The minimum atomic E-state index is 1.07. The molecule has 0 fully saturated rings. The summed E-state index contributed by atoms with van der Waals surface area (Å²) in [5.41, 5.74) is 8.50. The van der Waals surface area contributed by atoms with Crippen LogP contribution in [0.25, 0.3) is 16.7 Å². The van der Waals surface area contributed by atoms with Crippen molar-refractivity contribution in [2.45, 2.75) is 6.92 Å². The summed E-state index contributed by atoms with van der Waals surface area (Å²) < 4.78 is 0. The Kier molecular flexibility index (Phi) is 3.97. The SMILES string of the molecule is Bc1cccc(C(=C)c2ccccc2-c2ccccc2C)c1. The molecule has 0 saturated carbocycles. The molecule has 0 heterocycles. The molecule has 3 aromatic rings. The summed E-state index contributed by atoms with van der Waals surface area (Å²) in [6, 6.07) is 25.5. The number of rotatable bonds is 3. The molecular formula is C21H19B. The third-order valence-corrected chi connectivity index (χ3v) is 4.05. The highest BCUT2D eigenvalue weighted by Crippen LogP contribution is 2.32. The predicted octanol–water partition coefficient (Wildman–Crippen LogP) is 3.98. The Morgan fingerprint density at radius 3 is 2.23 bits per heavy atom. The van der Waals surface area contributed by atoms with Gasteiger partial charge in [-0.05, 0) is 40.3 Å². The maximum absolute atomic E-state index is 4.35. The fourth-order valence-corrected chi connectivity index (χ4v) is 2.84. The summed E-state index contributed by atoms with van der Waals surface area (Å²) in [5, 5.41) is 0. The number of hydrogen-bond acceptors (Lipinski definition) is 0. The van der Waals surface area contributed by atoms with Crippen LogP contribution in [0.5, 0.6) is 0 Å². The predicted molar refractivity (Wildman–Crippen MR) is 99.4 cm³/mol. The van der Waals surface area contributed by atoms with E-state index in [4.69, 9.17) is 0 Å². The van der Waals surface area contributed by atoms with Crippen LogP contribution in [-0.2, 0) is 0 Å². The van der Waals surface area contributed by atoms with Crippen LogP contribution in [0, 0.1) is 6.92 Å². The number of hydrogen-bond donors (Lipinski definition) is 0. The average molecular weight is 282 g/mol. The zero-order chi connectivity index (χ0) is 15.5.